The highest BCUT2D eigenvalue weighted by Gasteiger charge is 2.61. The molecular formula is C16H17F3O2S. The van der Waals surface area contributed by atoms with E-state index in [2.05, 4.69) is 0 Å². The second-order valence-corrected chi connectivity index (χ2v) is 8.30. The zero-order valence-corrected chi connectivity index (χ0v) is 13.0. The average molecular weight is 330 g/mol. The van der Waals surface area contributed by atoms with Crippen LogP contribution in [-0.4, -0.2) is 11.5 Å². The van der Waals surface area contributed by atoms with Gasteiger partial charge >= 0.3 is 11.5 Å². The number of benzene rings is 1. The Hall–Kier alpha value is -1.43. The van der Waals surface area contributed by atoms with Crippen LogP contribution in [0.15, 0.2) is 34.1 Å². The molecule has 0 radical (unpaired) electrons. The Morgan fingerprint density at radius 2 is 1.86 bits per heavy atom. The van der Waals surface area contributed by atoms with Gasteiger partial charge in [-0.15, -0.1) is 0 Å². The maximum absolute atomic E-state index is 14.1. The Kier molecular flexibility index (Phi) is 3.75. The van der Waals surface area contributed by atoms with Crippen LogP contribution in [-0.2, 0) is 8.98 Å². The topological polar surface area (TPSA) is 26.3 Å². The molecule has 1 fully saturated rings. The van der Waals surface area contributed by atoms with Crippen molar-refractivity contribution in [2.75, 3.05) is 0 Å². The molecule has 3 rings (SSSR count). The first-order chi connectivity index (χ1) is 10.4. The summed E-state index contributed by atoms with van der Waals surface area (Å²) < 4.78 is 47.3. The number of halogens is 3. The Labute approximate surface area is 128 Å². The van der Waals surface area contributed by atoms with Crippen molar-refractivity contribution in [3.63, 3.8) is 0 Å². The van der Waals surface area contributed by atoms with Crippen LogP contribution in [0.5, 0.6) is 0 Å². The summed E-state index contributed by atoms with van der Waals surface area (Å²) >= 11 is 0. The molecule has 6 heteroatoms. The van der Waals surface area contributed by atoms with E-state index in [1.165, 1.54) is 6.07 Å². The summed E-state index contributed by atoms with van der Waals surface area (Å²) in [5.74, 6) is -1.03. The third-order valence-corrected chi connectivity index (χ3v) is 7.43. The van der Waals surface area contributed by atoms with Gasteiger partial charge in [-0.2, -0.15) is 13.2 Å². The molecular weight excluding hydrogens is 313 g/mol. The first-order valence-corrected chi connectivity index (χ1v) is 8.82. The minimum absolute atomic E-state index is 0.111. The van der Waals surface area contributed by atoms with Crippen molar-refractivity contribution in [1.29, 1.82) is 0 Å². The second kappa shape index (κ2) is 5.33. The van der Waals surface area contributed by atoms with Gasteiger partial charge in [-0.05, 0) is 36.5 Å². The third-order valence-electron chi connectivity index (χ3n) is 4.18. The van der Waals surface area contributed by atoms with Crippen molar-refractivity contribution in [3.8, 4) is 0 Å². The van der Waals surface area contributed by atoms with Crippen LogP contribution in [0.3, 0.4) is 0 Å². The summed E-state index contributed by atoms with van der Waals surface area (Å²) in [5.41, 5.74) is -4.07. The standard InChI is InChI=1S/C16H17F3O2S/c1-11(20)21-22(16(17,18)19)14-9-5-4-8-13(14)10-15(22)12-6-2-3-7-12/h4-5,8-10,12H,2-3,6-7H2,1H3. The van der Waals surface area contributed by atoms with Crippen LogP contribution in [0.4, 0.5) is 13.2 Å². The quantitative estimate of drug-likeness (QED) is 0.726. The molecule has 0 bridgehead atoms. The van der Waals surface area contributed by atoms with E-state index in [0.29, 0.717) is 5.56 Å². The monoisotopic (exact) mass is 330 g/mol. The molecule has 0 amide bonds. The number of rotatable bonds is 2. The average Bonchev–Trinajstić information content (AvgIpc) is 3.04. The van der Waals surface area contributed by atoms with Crippen LogP contribution < -0.4 is 0 Å². The minimum Gasteiger partial charge on any atom is -0.399 e. The Balaban J connectivity index is 2.21. The lowest BCUT2D eigenvalue weighted by Crippen LogP contribution is -2.27. The molecule has 1 atom stereocenters. The molecule has 22 heavy (non-hydrogen) atoms. The predicted molar refractivity (Wildman–Crippen MR) is 80.1 cm³/mol. The van der Waals surface area contributed by atoms with Gasteiger partial charge in [0.15, 0.2) is 0 Å². The van der Waals surface area contributed by atoms with Crippen molar-refractivity contribution in [2.45, 2.75) is 43.0 Å². The largest absolute Gasteiger partial charge is 0.464 e. The minimum atomic E-state index is -4.60. The van der Waals surface area contributed by atoms with E-state index in [-0.39, 0.29) is 15.7 Å². The van der Waals surface area contributed by atoms with E-state index in [1.807, 2.05) is 0 Å². The van der Waals surface area contributed by atoms with Crippen LogP contribution in [0.2, 0.25) is 0 Å². The van der Waals surface area contributed by atoms with Crippen LogP contribution in [0.25, 0.3) is 6.08 Å². The van der Waals surface area contributed by atoms with Gasteiger partial charge in [-0.3, -0.25) is 4.79 Å². The van der Waals surface area contributed by atoms with Crippen molar-refractivity contribution in [1.82, 2.24) is 0 Å². The number of allylic oxidation sites excluding steroid dienone is 1. The van der Waals surface area contributed by atoms with Crippen molar-refractivity contribution >= 4 is 22.4 Å². The molecule has 2 aliphatic rings. The molecule has 1 aliphatic carbocycles. The summed E-state index contributed by atoms with van der Waals surface area (Å²) in [4.78, 5) is 11.9. The molecule has 1 aliphatic heterocycles. The van der Waals surface area contributed by atoms with Gasteiger partial charge in [0.2, 0.25) is 0 Å². The van der Waals surface area contributed by atoms with E-state index in [0.717, 1.165) is 32.6 Å². The Morgan fingerprint density at radius 3 is 2.45 bits per heavy atom. The SMILES string of the molecule is CC(=O)OS1(C(F)(F)F)C(C2CCCC2)=Cc2ccccc21. The van der Waals surface area contributed by atoms with E-state index >= 15 is 0 Å². The van der Waals surface area contributed by atoms with Gasteiger partial charge in [0.05, 0.1) is 10.3 Å². The molecule has 1 unspecified atom stereocenters. The van der Waals surface area contributed by atoms with E-state index in [4.69, 9.17) is 4.18 Å². The molecule has 120 valence electrons. The molecule has 1 aromatic carbocycles. The van der Waals surface area contributed by atoms with E-state index in [9.17, 15) is 18.0 Å². The number of carbonyl (C=O) groups is 1. The second-order valence-electron chi connectivity index (χ2n) is 5.64. The number of hydrogen-bond donors (Lipinski definition) is 0. The van der Waals surface area contributed by atoms with E-state index < -0.39 is 21.8 Å². The third kappa shape index (κ3) is 2.24. The summed E-state index contributed by atoms with van der Waals surface area (Å²) in [6.07, 6.45) is 4.91. The van der Waals surface area contributed by atoms with Gasteiger partial charge in [-0.25, -0.2) is 0 Å². The highest BCUT2D eigenvalue weighted by molar-refractivity contribution is 8.34. The predicted octanol–water partition coefficient (Wildman–Crippen LogP) is 5.39. The lowest BCUT2D eigenvalue weighted by atomic mass is 10.1. The maximum atomic E-state index is 14.1. The number of hydrogen-bond acceptors (Lipinski definition) is 2. The van der Waals surface area contributed by atoms with Gasteiger partial charge in [-0.1, -0.05) is 31.0 Å². The van der Waals surface area contributed by atoms with Crippen LogP contribution in [0.1, 0.15) is 38.2 Å². The first kappa shape index (κ1) is 15.5. The zero-order valence-electron chi connectivity index (χ0n) is 12.2. The maximum Gasteiger partial charge on any atom is 0.464 e. The molecule has 1 aromatic rings. The Bertz CT molecular complexity index is 633. The normalized spacial score (nSPS) is 27.9. The lowest BCUT2D eigenvalue weighted by molar-refractivity contribution is -0.132. The van der Waals surface area contributed by atoms with Gasteiger partial charge in [0.1, 0.15) is 0 Å². The van der Waals surface area contributed by atoms with E-state index in [1.54, 1.807) is 24.3 Å². The highest BCUT2D eigenvalue weighted by atomic mass is 32.3. The van der Waals surface area contributed by atoms with Gasteiger partial charge < -0.3 is 4.18 Å². The molecule has 2 nitrogen and oxygen atoms in total. The van der Waals surface area contributed by atoms with Crippen LogP contribution in [0, 0.1) is 5.92 Å². The van der Waals surface area contributed by atoms with Crippen molar-refractivity contribution < 1.29 is 22.1 Å². The van der Waals surface area contributed by atoms with Gasteiger partial charge in [0.25, 0.3) is 0 Å². The number of fused-ring (bicyclic) bond motifs is 1. The first-order valence-electron chi connectivity index (χ1n) is 7.26. The van der Waals surface area contributed by atoms with Crippen molar-refractivity contribution in [2.24, 2.45) is 5.92 Å². The summed E-state index contributed by atoms with van der Waals surface area (Å²) in [6.45, 7) is 1.05. The molecule has 0 spiro atoms. The summed E-state index contributed by atoms with van der Waals surface area (Å²) in [6, 6.07) is 6.39. The molecule has 1 saturated carbocycles. The zero-order chi connectivity index (χ0) is 16.0. The Morgan fingerprint density at radius 1 is 1.23 bits per heavy atom. The smallest absolute Gasteiger partial charge is 0.399 e. The molecule has 0 aromatic heterocycles. The lowest BCUT2D eigenvalue weighted by Gasteiger charge is -2.41. The molecule has 0 N–H and O–H groups in total. The van der Waals surface area contributed by atoms with Gasteiger partial charge in [0, 0.05) is 16.7 Å². The fraction of sp³-hybridized carbons (Fsp3) is 0.438. The molecule has 0 saturated heterocycles. The molecule has 1 heterocycles. The van der Waals surface area contributed by atoms with Crippen molar-refractivity contribution in [3.05, 3.63) is 34.7 Å². The van der Waals surface area contributed by atoms with Crippen LogP contribution >= 0.6 is 10.3 Å². The summed E-state index contributed by atoms with van der Waals surface area (Å²) in [7, 11) is -3.75. The highest BCUT2D eigenvalue weighted by Crippen LogP contribution is 2.79. The fourth-order valence-electron chi connectivity index (χ4n) is 3.36. The number of alkyl halides is 3. The number of carbonyl (C=O) groups excluding carboxylic acids is 1. The fourth-order valence-corrected chi connectivity index (χ4v) is 6.49. The summed E-state index contributed by atoms with van der Waals surface area (Å²) in [5, 5.41) is 0.